The van der Waals surface area contributed by atoms with E-state index in [9.17, 15) is 4.79 Å². The molecule has 0 saturated carbocycles. The summed E-state index contributed by atoms with van der Waals surface area (Å²) in [5.41, 5.74) is 3.94. The summed E-state index contributed by atoms with van der Waals surface area (Å²) in [6.45, 7) is 2.21. The summed E-state index contributed by atoms with van der Waals surface area (Å²) in [4.78, 5) is 11.0. The first-order valence-electron chi connectivity index (χ1n) is 7.28. The second-order valence-electron chi connectivity index (χ2n) is 5.13. The highest BCUT2D eigenvalue weighted by molar-refractivity contribution is 5.88. The average Bonchev–Trinajstić information content (AvgIpc) is 3.09. The van der Waals surface area contributed by atoms with E-state index in [-0.39, 0.29) is 5.91 Å². The summed E-state index contributed by atoms with van der Waals surface area (Å²) in [5.74, 6) is -0.0663. The molecule has 0 aliphatic carbocycles. The van der Waals surface area contributed by atoms with Crippen LogP contribution < -0.4 is 10.6 Å². The maximum atomic E-state index is 11.0. The van der Waals surface area contributed by atoms with E-state index < -0.39 is 0 Å². The van der Waals surface area contributed by atoms with Crippen molar-refractivity contribution in [2.24, 2.45) is 0 Å². The zero-order chi connectivity index (χ0) is 16.1. The number of carbonyl (C=O) groups is 1. The minimum absolute atomic E-state index is 0.0663. The number of hydrogen-bond acceptors (Lipinski definition) is 4. The third kappa shape index (κ3) is 3.94. The Balaban J connectivity index is 1.58. The van der Waals surface area contributed by atoms with Crippen molar-refractivity contribution in [3.63, 3.8) is 0 Å². The van der Waals surface area contributed by atoms with Gasteiger partial charge in [0, 0.05) is 24.8 Å². The van der Waals surface area contributed by atoms with E-state index in [4.69, 9.17) is 0 Å². The molecule has 3 rings (SSSR count). The molecule has 2 N–H and O–H groups in total. The second kappa shape index (κ2) is 6.74. The summed E-state index contributed by atoms with van der Waals surface area (Å²) < 4.78 is 1.71. The molecule has 0 fully saturated rings. The standard InChI is InChI=1S/C17H17N5O/c1-13(23)20-16-4-2-14(3-5-16)12-18-15-6-8-17(9-7-15)22-11-10-19-21-22/h2-11,18H,12H2,1H3,(H,20,23). The van der Waals surface area contributed by atoms with Gasteiger partial charge >= 0.3 is 0 Å². The fourth-order valence-electron chi connectivity index (χ4n) is 2.19. The zero-order valence-electron chi connectivity index (χ0n) is 12.7. The predicted octanol–water partition coefficient (Wildman–Crippen LogP) is 2.84. The number of amides is 1. The molecule has 116 valence electrons. The number of anilines is 2. The molecular formula is C17H17N5O. The Kier molecular flexibility index (Phi) is 4.33. The number of rotatable bonds is 5. The number of carbonyl (C=O) groups excluding carboxylic acids is 1. The van der Waals surface area contributed by atoms with E-state index in [0.717, 1.165) is 22.6 Å². The maximum Gasteiger partial charge on any atom is 0.221 e. The lowest BCUT2D eigenvalue weighted by atomic mass is 10.2. The summed E-state index contributed by atoms with van der Waals surface area (Å²) in [5, 5.41) is 13.9. The van der Waals surface area contributed by atoms with Crippen LogP contribution >= 0.6 is 0 Å². The summed E-state index contributed by atoms with van der Waals surface area (Å²) in [7, 11) is 0. The van der Waals surface area contributed by atoms with Crippen molar-refractivity contribution in [3.8, 4) is 5.69 Å². The van der Waals surface area contributed by atoms with E-state index >= 15 is 0 Å². The van der Waals surface area contributed by atoms with Gasteiger partial charge in [0.05, 0.1) is 18.1 Å². The van der Waals surface area contributed by atoms with Crippen LogP contribution in [0.4, 0.5) is 11.4 Å². The van der Waals surface area contributed by atoms with Crippen molar-refractivity contribution < 1.29 is 4.79 Å². The number of aromatic nitrogens is 3. The van der Waals surface area contributed by atoms with Crippen molar-refractivity contribution in [2.45, 2.75) is 13.5 Å². The van der Waals surface area contributed by atoms with E-state index in [1.807, 2.05) is 48.5 Å². The lowest BCUT2D eigenvalue weighted by Crippen LogP contribution is -2.06. The highest BCUT2D eigenvalue weighted by atomic mass is 16.1. The molecule has 23 heavy (non-hydrogen) atoms. The van der Waals surface area contributed by atoms with Gasteiger partial charge in [0.15, 0.2) is 0 Å². The molecule has 3 aromatic rings. The Labute approximate surface area is 134 Å². The maximum absolute atomic E-state index is 11.0. The minimum Gasteiger partial charge on any atom is -0.381 e. The first-order chi connectivity index (χ1) is 11.2. The highest BCUT2D eigenvalue weighted by Gasteiger charge is 1.99. The summed E-state index contributed by atoms with van der Waals surface area (Å²) in [6.07, 6.45) is 3.45. The van der Waals surface area contributed by atoms with Gasteiger partial charge in [-0.05, 0) is 42.0 Å². The van der Waals surface area contributed by atoms with Crippen LogP contribution in [0.2, 0.25) is 0 Å². The van der Waals surface area contributed by atoms with Crippen molar-refractivity contribution in [2.75, 3.05) is 10.6 Å². The SMILES string of the molecule is CC(=O)Nc1ccc(CNc2ccc(-n3ccnn3)cc2)cc1. The highest BCUT2D eigenvalue weighted by Crippen LogP contribution is 2.15. The third-order valence-electron chi connectivity index (χ3n) is 3.33. The molecule has 0 unspecified atom stereocenters. The van der Waals surface area contributed by atoms with Gasteiger partial charge in [0.1, 0.15) is 0 Å². The number of hydrogen-bond donors (Lipinski definition) is 2. The lowest BCUT2D eigenvalue weighted by Gasteiger charge is -2.09. The molecule has 0 atom stereocenters. The van der Waals surface area contributed by atoms with Crippen LogP contribution in [0.5, 0.6) is 0 Å². The van der Waals surface area contributed by atoms with Crippen molar-refractivity contribution in [1.29, 1.82) is 0 Å². The summed E-state index contributed by atoms with van der Waals surface area (Å²) >= 11 is 0. The van der Waals surface area contributed by atoms with Crippen LogP contribution in [-0.2, 0) is 11.3 Å². The average molecular weight is 307 g/mol. The van der Waals surface area contributed by atoms with E-state index in [1.54, 1.807) is 17.1 Å². The summed E-state index contributed by atoms with van der Waals surface area (Å²) in [6, 6.07) is 15.7. The number of benzene rings is 2. The lowest BCUT2D eigenvalue weighted by molar-refractivity contribution is -0.114. The van der Waals surface area contributed by atoms with Gasteiger partial charge in [-0.2, -0.15) is 0 Å². The molecule has 1 aromatic heterocycles. The van der Waals surface area contributed by atoms with Gasteiger partial charge < -0.3 is 10.6 Å². The van der Waals surface area contributed by atoms with Crippen LogP contribution in [0, 0.1) is 0 Å². The van der Waals surface area contributed by atoms with E-state index in [2.05, 4.69) is 20.9 Å². The van der Waals surface area contributed by atoms with E-state index in [0.29, 0.717) is 6.54 Å². The zero-order valence-corrected chi connectivity index (χ0v) is 12.7. The van der Waals surface area contributed by atoms with Crippen LogP contribution in [0.15, 0.2) is 60.9 Å². The molecule has 0 spiro atoms. The largest absolute Gasteiger partial charge is 0.381 e. The molecule has 0 bridgehead atoms. The molecule has 1 heterocycles. The fraction of sp³-hybridized carbons (Fsp3) is 0.118. The molecule has 2 aromatic carbocycles. The predicted molar refractivity (Wildman–Crippen MR) is 89.4 cm³/mol. The van der Waals surface area contributed by atoms with Gasteiger partial charge in [-0.3, -0.25) is 4.79 Å². The number of nitrogens with one attached hydrogen (secondary N) is 2. The molecule has 1 amide bonds. The van der Waals surface area contributed by atoms with Crippen molar-refractivity contribution >= 4 is 17.3 Å². The van der Waals surface area contributed by atoms with Gasteiger partial charge in [-0.25, -0.2) is 4.68 Å². The third-order valence-corrected chi connectivity index (χ3v) is 3.33. The molecular weight excluding hydrogens is 290 g/mol. The molecule has 0 saturated heterocycles. The molecule has 0 aliphatic heterocycles. The van der Waals surface area contributed by atoms with Crippen LogP contribution in [0.25, 0.3) is 5.69 Å². The normalized spacial score (nSPS) is 10.3. The smallest absolute Gasteiger partial charge is 0.221 e. The van der Waals surface area contributed by atoms with Crippen LogP contribution in [0.1, 0.15) is 12.5 Å². The Morgan fingerprint density at radius 1 is 1.04 bits per heavy atom. The quantitative estimate of drug-likeness (QED) is 0.760. The fourth-order valence-corrected chi connectivity index (χ4v) is 2.19. The first-order valence-corrected chi connectivity index (χ1v) is 7.28. The molecule has 6 nitrogen and oxygen atoms in total. The van der Waals surface area contributed by atoms with Gasteiger partial charge in [-0.1, -0.05) is 17.3 Å². The number of nitrogens with zero attached hydrogens (tertiary/aromatic N) is 3. The Morgan fingerprint density at radius 2 is 1.74 bits per heavy atom. The topological polar surface area (TPSA) is 71.8 Å². The first kappa shape index (κ1) is 14.8. The van der Waals surface area contributed by atoms with Gasteiger partial charge in [-0.15, -0.1) is 5.10 Å². The van der Waals surface area contributed by atoms with E-state index in [1.165, 1.54) is 6.92 Å². The van der Waals surface area contributed by atoms with Gasteiger partial charge in [0.25, 0.3) is 0 Å². The minimum atomic E-state index is -0.0663. The molecule has 0 radical (unpaired) electrons. The van der Waals surface area contributed by atoms with Gasteiger partial charge in [0.2, 0.25) is 5.91 Å². The van der Waals surface area contributed by atoms with Crippen molar-refractivity contribution in [1.82, 2.24) is 15.0 Å². The van der Waals surface area contributed by atoms with Crippen LogP contribution in [0.3, 0.4) is 0 Å². The van der Waals surface area contributed by atoms with Crippen LogP contribution in [-0.4, -0.2) is 20.9 Å². The monoisotopic (exact) mass is 307 g/mol. The molecule has 0 aliphatic rings. The molecule has 6 heteroatoms. The second-order valence-corrected chi connectivity index (χ2v) is 5.13. The Bertz CT molecular complexity index is 764. The Morgan fingerprint density at radius 3 is 2.35 bits per heavy atom. The van der Waals surface area contributed by atoms with Crippen molar-refractivity contribution in [3.05, 3.63) is 66.5 Å². The Hall–Kier alpha value is -3.15.